The van der Waals surface area contributed by atoms with Crippen LogP contribution in [0.25, 0.3) is 0 Å². The number of rotatable bonds is 3. The number of hydrogen-bond donors (Lipinski definition) is 2. The lowest BCUT2D eigenvalue weighted by atomic mass is 10.3. The predicted molar refractivity (Wildman–Crippen MR) is 78.9 cm³/mol. The van der Waals surface area contributed by atoms with E-state index in [4.69, 9.17) is 12.2 Å². The van der Waals surface area contributed by atoms with Crippen molar-refractivity contribution in [3.8, 4) is 0 Å². The highest BCUT2D eigenvalue weighted by molar-refractivity contribution is 7.80. The van der Waals surface area contributed by atoms with Gasteiger partial charge < -0.3 is 10.6 Å². The van der Waals surface area contributed by atoms with Crippen LogP contribution in [0.2, 0.25) is 0 Å². The van der Waals surface area contributed by atoms with Crippen molar-refractivity contribution in [2.45, 2.75) is 20.4 Å². The van der Waals surface area contributed by atoms with Crippen LogP contribution in [0.5, 0.6) is 0 Å². The average molecular weight is 278 g/mol. The molecule has 4 nitrogen and oxygen atoms in total. The lowest BCUT2D eigenvalue weighted by Crippen LogP contribution is -2.19. The molecule has 1 aromatic carbocycles. The van der Waals surface area contributed by atoms with Crippen molar-refractivity contribution < 1.29 is 4.39 Å². The van der Waals surface area contributed by atoms with E-state index in [1.165, 1.54) is 12.1 Å². The predicted octanol–water partition coefficient (Wildman–Crippen LogP) is 3.16. The number of thiocarbonyl (C=S) groups is 1. The summed E-state index contributed by atoms with van der Waals surface area (Å²) in [6.45, 7) is 4.79. The number of hydrogen-bond acceptors (Lipinski definition) is 2. The SMILES string of the molecule is CCn1ncc(NC(=S)Nc2cccc(F)c2)c1C. The molecule has 0 amide bonds. The Morgan fingerprint density at radius 2 is 2.21 bits per heavy atom. The standard InChI is InChI=1S/C13H15FN4S/c1-3-18-9(2)12(8-15-18)17-13(19)16-11-6-4-5-10(14)7-11/h4-8H,3H2,1-2H3,(H2,16,17,19). The van der Waals surface area contributed by atoms with E-state index in [0.717, 1.165) is 17.9 Å². The molecule has 19 heavy (non-hydrogen) atoms. The summed E-state index contributed by atoms with van der Waals surface area (Å²) in [5.74, 6) is -0.303. The van der Waals surface area contributed by atoms with Gasteiger partial charge in [0, 0.05) is 12.2 Å². The highest BCUT2D eigenvalue weighted by Gasteiger charge is 2.06. The third-order valence-electron chi connectivity index (χ3n) is 2.73. The fourth-order valence-electron chi connectivity index (χ4n) is 1.74. The number of aromatic nitrogens is 2. The van der Waals surface area contributed by atoms with Gasteiger partial charge in [-0.2, -0.15) is 5.10 Å². The highest BCUT2D eigenvalue weighted by Crippen LogP contribution is 2.15. The average Bonchev–Trinajstić information content (AvgIpc) is 2.70. The Bertz CT molecular complexity index is 594. The van der Waals surface area contributed by atoms with Crippen LogP contribution in [0.15, 0.2) is 30.5 Å². The molecule has 0 aliphatic heterocycles. The molecular weight excluding hydrogens is 263 g/mol. The van der Waals surface area contributed by atoms with Crippen LogP contribution >= 0.6 is 12.2 Å². The maximum absolute atomic E-state index is 13.0. The van der Waals surface area contributed by atoms with E-state index >= 15 is 0 Å². The van der Waals surface area contributed by atoms with E-state index in [-0.39, 0.29) is 5.82 Å². The quantitative estimate of drug-likeness (QED) is 0.846. The number of anilines is 2. The fourth-order valence-corrected chi connectivity index (χ4v) is 1.97. The fraction of sp³-hybridized carbons (Fsp3) is 0.231. The minimum atomic E-state index is -0.303. The summed E-state index contributed by atoms with van der Waals surface area (Å²) in [6.07, 6.45) is 1.72. The summed E-state index contributed by atoms with van der Waals surface area (Å²) in [5.41, 5.74) is 2.46. The number of nitrogens with one attached hydrogen (secondary N) is 2. The second kappa shape index (κ2) is 5.79. The summed E-state index contributed by atoms with van der Waals surface area (Å²) < 4.78 is 14.9. The summed E-state index contributed by atoms with van der Waals surface area (Å²) in [4.78, 5) is 0. The third-order valence-corrected chi connectivity index (χ3v) is 2.94. The van der Waals surface area contributed by atoms with Crippen molar-refractivity contribution >= 4 is 28.7 Å². The van der Waals surface area contributed by atoms with Crippen molar-refractivity contribution in [1.29, 1.82) is 0 Å². The monoisotopic (exact) mass is 278 g/mol. The van der Waals surface area contributed by atoms with E-state index < -0.39 is 0 Å². The summed E-state index contributed by atoms with van der Waals surface area (Å²) in [5, 5.41) is 10.6. The normalized spacial score (nSPS) is 10.3. The van der Waals surface area contributed by atoms with Crippen molar-refractivity contribution in [1.82, 2.24) is 9.78 Å². The first-order valence-electron chi connectivity index (χ1n) is 5.96. The van der Waals surface area contributed by atoms with Crippen LogP contribution in [0.1, 0.15) is 12.6 Å². The first-order valence-corrected chi connectivity index (χ1v) is 6.37. The Kier molecular flexibility index (Phi) is 4.11. The molecule has 2 aromatic rings. The molecule has 0 fully saturated rings. The Balaban J connectivity index is 2.03. The van der Waals surface area contributed by atoms with Crippen LogP contribution in [-0.4, -0.2) is 14.9 Å². The van der Waals surface area contributed by atoms with Crippen molar-refractivity contribution in [2.24, 2.45) is 0 Å². The van der Waals surface area contributed by atoms with Gasteiger partial charge in [-0.3, -0.25) is 4.68 Å². The van der Waals surface area contributed by atoms with E-state index in [2.05, 4.69) is 15.7 Å². The van der Waals surface area contributed by atoms with E-state index in [0.29, 0.717) is 10.8 Å². The van der Waals surface area contributed by atoms with Gasteiger partial charge in [0.1, 0.15) is 5.82 Å². The van der Waals surface area contributed by atoms with Crippen LogP contribution in [0.3, 0.4) is 0 Å². The summed E-state index contributed by atoms with van der Waals surface area (Å²) in [6, 6.07) is 6.15. The van der Waals surface area contributed by atoms with Gasteiger partial charge in [0.15, 0.2) is 5.11 Å². The number of aryl methyl sites for hydroxylation is 1. The Hall–Kier alpha value is -1.95. The molecule has 0 radical (unpaired) electrons. The smallest absolute Gasteiger partial charge is 0.175 e. The van der Waals surface area contributed by atoms with Gasteiger partial charge in [-0.05, 0) is 44.3 Å². The van der Waals surface area contributed by atoms with Gasteiger partial charge in [0.25, 0.3) is 0 Å². The molecule has 0 saturated heterocycles. The number of benzene rings is 1. The maximum Gasteiger partial charge on any atom is 0.175 e. The molecule has 2 rings (SSSR count). The van der Waals surface area contributed by atoms with E-state index in [9.17, 15) is 4.39 Å². The van der Waals surface area contributed by atoms with E-state index in [1.807, 2.05) is 18.5 Å². The molecule has 0 bridgehead atoms. The minimum Gasteiger partial charge on any atom is -0.332 e. The molecule has 0 spiro atoms. The summed E-state index contributed by atoms with van der Waals surface area (Å²) >= 11 is 5.18. The number of nitrogens with zero attached hydrogens (tertiary/aromatic N) is 2. The van der Waals surface area contributed by atoms with Crippen LogP contribution in [0.4, 0.5) is 15.8 Å². The molecule has 0 aliphatic carbocycles. The molecule has 100 valence electrons. The zero-order chi connectivity index (χ0) is 13.8. The number of halogens is 1. The first kappa shape index (κ1) is 13.5. The minimum absolute atomic E-state index is 0.303. The van der Waals surface area contributed by atoms with Crippen LogP contribution in [-0.2, 0) is 6.54 Å². The lowest BCUT2D eigenvalue weighted by molar-refractivity contribution is 0.628. The van der Waals surface area contributed by atoms with Crippen molar-refractivity contribution in [2.75, 3.05) is 10.6 Å². The van der Waals surface area contributed by atoms with Gasteiger partial charge in [0.2, 0.25) is 0 Å². The molecule has 1 heterocycles. The Labute approximate surface area is 116 Å². The second-order valence-electron chi connectivity index (χ2n) is 4.05. The maximum atomic E-state index is 13.0. The van der Waals surface area contributed by atoms with Gasteiger partial charge in [0.05, 0.1) is 17.6 Å². The van der Waals surface area contributed by atoms with Crippen LogP contribution in [0, 0.1) is 12.7 Å². The molecular formula is C13H15FN4S. The van der Waals surface area contributed by atoms with Crippen molar-refractivity contribution in [3.63, 3.8) is 0 Å². The van der Waals surface area contributed by atoms with Gasteiger partial charge in [-0.15, -0.1) is 0 Å². The molecule has 0 atom stereocenters. The molecule has 6 heteroatoms. The second-order valence-corrected chi connectivity index (χ2v) is 4.46. The van der Waals surface area contributed by atoms with Gasteiger partial charge in [-0.25, -0.2) is 4.39 Å². The Morgan fingerprint density at radius 1 is 1.42 bits per heavy atom. The molecule has 0 unspecified atom stereocenters. The van der Waals surface area contributed by atoms with Gasteiger partial charge in [-0.1, -0.05) is 6.07 Å². The summed E-state index contributed by atoms with van der Waals surface area (Å²) in [7, 11) is 0. The molecule has 0 aliphatic rings. The topological polar surface area (TPSA) is 41.9 Å². The van der Waals surface area contributed by atoms with Crippen LogP contribution < -0.4 is 10.6 Å². The lowest BCUT2D eigenvalue weighted by Gasteiger charge is -2.10. The largest absolute Gasteiger partial charge is 0.332 e. The zero-order valence-electron chi connectivity index (χ0n) is 10.8. The molecule has 2 N–H and O–H groups in total. The van der Waals surface area contributed by atoms with Gasteiger partial charge >= 0.3 is 0 Å². The van der Waals surface area contributed by atoms with E-state index in [1.54, 1.807) is 18.3 Å². The molecule has 0 saturated carbocycles. The molecule has 1 aromatic heterocycles. The Morgan fingerprint density at radius 3 is 2.84 bits per heavy atom. The van der Waals surface area contributed by atoms with Crippen molar-refractivity contribution in [3.05, 3.63) is 42.0 Å². The highest BCUT2D eigenvalue weighted by atomic mass is 32.1. The first-order chi connectivity index (χ1) is 9.10. The zero-order valence-corrected chi connectivity index (χ0v) is 11.6. The third kappa shape index (κ3) is 3.29.